The van der Waals surface area contributed by atoms with Crippen LogP contribution in [0, 0.1) is 6.92 Å². The summed E-state index contributed by atoms with van der Waals surface area (Å²) in [6.45, 7) is 2.60. The lowest BCUT2D eigenvalue weighted by Crippen LogP contribution is -1.97. The molecule has 3 nitrogen and oxygen atoms in total. The van der Waals surface area contributed by atoms with Crippen molar-refractivity contribution in [3.8, 4) is 5.75 Å². The first-order valence-electron chi connectivity index (χ1n) is 7.31. The third kappa shape index (κ3) is 5.09. The maximum atomic E-state index is 10.4. The van der Waals surface area contributed by atoms with Crippen molar-refractivity contribution in [2.24, 2.45) is 0 Å². The highest BCUT2D eigenvalue weighted by Crippen LogP contribution is 2.19. The largest absolute Gasteiger partial charge is 0.489 e. The Morgan fingerprint density at radius 2 is 1.95 bits per heavy atom. The first-order valence-corrected chi connectivity index (χ1v) is 7.31. The molecule has 0 amide bonds. The van der Waals surface area contributed by atoms with Gasteiger partial charge in [0, 0.05) is 6.08 Å². The Morgan fingerprint density at radius 1 is 1.18 bits per heavy atom. The van der Waals surface area contributed by atoms with Crippen LogP contribution in [-0.4, -0.2) is 11.1 Å². The summed E-state index contributed by atoms with van der Waals surface area (Å²) in [6, 6.07) is 16.1. The third-order valence-corrected chi connectivity index (χ3v) is 3.40. The first-order chi connectivity index (χ1) is 10.6. The van der Waals surface area contributed by atoms with Crippen LogP contribution in [0.4, 0.5) is 0 Å². The summed E-state index contributed by atoms with van der Waals surface area (Å²) < 4.78 is 5.79. The van der Waals surface area contributed by atoms with Crippen LogP contribution in [0.25, 0.3) is 0 Å². The zero-order valence-corrected chi connectivity index (χ0v) is 12.7. The van der Waals surface area contributed by atoms with Crippen molar-refractivity contribution < 1.29 is 14.6 Å². The molecule has 0 atom stereocenters. The Labute approximate surface area is 130 Å². The Balaban J connectivity index is 1.90. The lowest BCUT2D eigenvalue weighted by molar-refractivity contribution is -0.131. The molecule has 2 aromatic carbocycles. The van der Waals surface area contributed by atoms with Gasteiger partial charge in [0.25, 0.3) is 0 Å². The molecule has 2 aromatic rings. The smallest absolute Gasteiger partial charge is 0.327 e. The minimum Gasteiger partial charge on any atom is -0.489 e. The second-order valence-corrected chi connectivity index (χ2v) is 5.14. The summed E-state index contributed by atoms with van der Waals surface area (Å²) in [7, 11) is 0. The van der Waals surface area contributed by atoms with Gasteiger partial charge in [-0.1, -0.05) is 42.5 Å². The maximum absolute atomic E-state index is 10.4. The van der Waals surface area contributed by atoms with Crippen molar-refractivity contribution in [3.63, 3.8) is 0 Å². The number of allylic oxidation sites excluding steroid dienone is 1. The van der Waals surface area contributed by atoms with Crippen LogP contribution >= 0.6 is 0 Å². The molecule has 114 valence electrons. The minimum atomic E-state index is -0.901. The van der Waals surface area contributed by atoms with Gasteiger partial charge in [-0.3, -0.25) is 0 Å². The lowest BCUT2D eigenvalue weighted by atomic mass is 10.0. The van der Waals surface area contributed by atoms with Gasteiger partial charge in [0.1, 0.15) is 12.4 Å². The van der Waals surface area contributed by atoms with Crippen molar-refractivity contribution in [3.05, 3.63) is 77.4 Å². The molecule has 0 radical (unpaired) electrons. The van der Waals surface area contributed by atoms with Crippen LogP contribution in [-0.2, 0) is 17.8 Å². The molecule has 0 unspecified atom stereocenters. The van der Waals surface area contributed by atoms with Gasteiger partial charge in [-0.25, -0.2) is 4.79 Å². The molecule has 0 aromatic heterocycles. The van der Waals surface area contributed by atoms with E-state index in [1.807, 2.05) is 55.5 Å². The number of benzene rings is 2. The number of rotatable bonds is 7. The normalized spacial score (nSPS) is 10.8. The van der Waals surface area contributed by atoms with Crippen molar-refractivity contribution in [2.75, 3.05) is 0 Å². The standard InChI is InChI=1S/C19H20O3/c1-15-13-18(22-14-16-7-3-2-4-8-16)12-11-17(15)9-5-6-10-19(20)21/h2-4,6-8,10-13H,5,9,14H2,1H3,(H,20,21). The predicted molar refractivity (Wildman–Crippen MR) is 87.0 cm³/mol. The first kappa shape index (κ1) is 15.8. The van der Waals surface area contributed by atoms with Crippen LogP contribution in [0.2, 0.25) is 0 Å². The summed E-state index contributed by atoms with van der Waals surface area (Å²) in [5.74, 6) is -0.0486. The maximum Gasteiger partial charge on any atom is 0.327 e. The number of hydrogen-bond donors (Lipinski definition) is 1. The van der Waals surface area contributed by atoms with Crippen LogP contribution in [0.3, 0.4) is 0 Å². The predicted octanol–water partition coefficient (Wildman–Crippen LogP) is 4.15. The number of aryl methyl sites for hydroxylation is 2. The molecule has 22 heavy (non-hydrogen) atoms. The summed E-state index contributed by atoms with van der Waals surface area (Å²) in [5.41, 5.74) is 3.51. The van der Waals surface area contributed by atoms with Crippen molar-refractivity contribution >= 4 is 5.97 Å². The molecule has 0 bridgehead atoms. The number of carboxylic acid groups (broad SMARTS) is 1. The van der Waals surface area contributed by atoms with Crippen LogP contribution in [0.1, 0.15) is 23.1 Å². The number of carbonyl (C=O) groups is 1. The zero-order valence-electron chi connectivity index (χ0n) is 12.7. The molecule has 0 spiro atoms. The van der Waals surface area contributed by atoms with Gasteiger partial charge in [-0.2, -0.15) is 0 Å². The van der Waals surface area contributed by atoms with Gasteiger partial charge in [0.2, 0.25) is 0 Å². The minimum absolute atomic E-state index is 0.557. The van der Waals surface area contributed by atoms with E-state index in [0.717, 1.165) is 29.7 Å². The second-order valence-electron chi connectivity index (χ2n) is 5.14. The van der Waals surface area contributed by atoms with Gasteiger partial charge in [0.05, 0.1) is 0 Å². The molecule has 0 aliphatic heterocycles. The van der Waals surface area contributed by atoms with E-state index < -0.39 is 5.97 Å². The van der Waals surface area contributed by atoms with E-state index in [9.17, 15) is 4.79 Å². The van der Waals surface area contributed by atoms with Gasteiger partial charge < -0.3 is 9.84 Å². The second kappa shape index (κ2) is 8.03. The summed E-state index contributed by atoms with van der Waals surface area (Å²) >= 11 is 0. The van der Waals surface area contributed by atoms with Crippen molar-refractivity contribution in [1.82, 2.24) is 0 Å². The number of hydrogen-bond acceptors (Lipinski definition) is 2. The molecule has 0 saturated carbocycles. The van der Waals surface area contributed by atoms with E-state index in [0.29, 0.717) is 6.61 Å². The summed E-state index contributed by atoms with van der Waals surface area (Å²) in [5, 5.41) is 8.55. The van der Waals surface area contributed by atoms with E-state index in [4.69, 9.17) is 9.84 Å². The van der Waals surface area contributed by atoms with E-state index >= 15 is 0 Å². The van der Waals surface area contributed by atoms with Crippen LogP contribution in [0.15, 0.2) is 60.7 Å². The highest BCUT2D eigenvalue weighted by atomic mass is 16.5. The van der Waals surface area contributed by atoms with E-state index in [1.54, 1.807) is 6.08 Å². The number of carboxylic acids is 1. The molecule has 3 heteroatoms. The molecule has 0 saturated heterocycles. The molecule has 0 fully saturated rings. The van der Waals surface area contributed by atoms with Gasteiger partial charge >= 0.3 is 5.97 Å². The van der Waals surface area contributed by atoms with Crippen molar-refractivity contribution in [2.45, 2.75) is 26.4 Å². The summed E-state index contributed by atoms with van der Waals surface area (Å²) in [4.78, 5) is 10.4. The fraction of sp³-hybridized carbons (Fsp3) is 0.211. The molecule has 0 heterocycles. The van der Waals surface area contributed by atoms with Gasteiger partial charge in [-0.15, -0.1) is 0 Å². The molecule has 1 N–H and O–H groups in total. The quantitative estimate of drug-likeness (QED) is 0.781. The highest BCUT2D eigenvalue weighted by Gasteiger charge is 2.01. The SMILES string of the molecule is Cc1cc(OCc2ccccc2)ccc1CCC=CC(=O)O. The van der Waals surface area contributed by atoms with Gasteiger partial charge in [-0.05, 0) is 48.6 Å². The lowest BCUT2D eigenvalue weighted by Gasteiger charge is -2.10. The third-order valence-electron chi connectivity index (χ3n) is 3.40. The van der Waals surface area contributed by atoms with Crippen LogP contribution < -0.4 is 4.74 Å². The monoisotopic (exact) mass is 296 g/mol. The molecular formula is C19H20O3. The molecular weight excluding hydrogens is 276 g/mol. The average Bonchev–Trinajstić information content (AvgIpc) is 2.52. The fourth-order valence-corrected chi connectivity index (χ4v) is 2.20. The van der Waals surface area contributed by atoms with Crippen molar-refractivity contribution in [1.29, 1.82) is 0 Å². The van der Waals surface area contributed by atoms with E-state index in [-0.39, 0.29) is 0 Å². The summed E-state index contributed by atoms with van der Waals surface area (Å²) in [6.07, 6.45) is 4.42. The molecule has 2 rings (SSSR count). The van der Waals surface area contributed by atoms with Gasteiger partial charge in [0.15, 0.2) is 0 Å². The van der Waals surface area contributed by atoms with E-state index in [2.05, 4.69) is 0 Å². The number of ether oxygens (including phenoxy) is 1. The Hall–Kier alpha value is -2.55. The zero-order chi connectivity index (χ0) is 15.8. The Bertz CT molecular complexity index is 645. The van der Waals surface area contributed by atoms with Crippen LogP contribution in [0.5, 0.6) is 5.75 Å². The topological polar surface area (TPSA) is 46.5 Å². The average molecular weight is 296 g/mol. The molecule has 0 aliphatic rings. The highest BCUT2D eigenvalue weighted by molar-refractivity contribution is 5.79. The molecule has 0 aliphatic carbocycles. The van der Waals surface area contributed by atoms with E-state index in [1.165, 1.54) is 11.6 Å². The Morgan fingerprint density at radius 3 is 2.64 bits per heavy atom. The Kier molecular flexibility index (Phi) is 5.78. The fourth-order valence-electron chi connectivity index (χ4n) is 2.20. The number of aliphatic carboxylic acids is 1.